The van der Waals surface area contributed by atoms with Gasteiger partial charge in [-0.2, -0.15) is 18.3 Å². The Hall–Kier alpha value is -2.83. The van der Waals surface area contributed by atoms with E-state index in [1.54, 1.807) is 19.0 Å². The van der Waals surface area contributed by atoms with Gasteiger partial charge >= 0.3 is 18.2 Å². The lowest BCUT2D eigenvalue weighted by molar-refractivity contribution is -0.192. The van der Waals surface area contributed by atoms with Crippen molar-refractivity contribution in [3.8, 4) is 0 Å². The zero-order valence-corrected chi connectivity index (χ0v) is 19.3. The second-order valence-electron chi connectivity index (χ2n) is 8.72. The van der Waals surface area contributed by atoms with Crippen LogP contribution in [0.2, 0.25) is 0 Å². The molecule has 33 heavy (non-hydrogen) atoms. The molecule has 10 nitrogen and oxygen atoms in total. The number of amides is 3. The first kappa shape index (κ1) is 26.4. The molecule has 1 N–H and O–H groups in total. The van der Waals surface area contributed by atoms with Gasteiger partial charge in [0.1, 0.15) is 0 Å². The topological polar surface area (TPSA) is 102 Å². The second kappa shape index (κ2) is 10.4. The molecule has 3 heterocycles. The molecule has 3 amide bonds. The highest BCUT2D eigenvalue weighted by Gasteiger charge is 2.47. The molecule has 1 unspecified atom stereocenters. The van der Waals surface area contributed by atoms with E-state index in [1.165, 1.54) is 0 Å². The van der Waals surface area contributed by atoms with Crippen molar-refractivity contribution in [3.05, 3.63) is 18.0 Å². The van der Waals surface area contributed by atoms with E-state index in [0.29, 0.717) is 19.5 Å². The summed E-state index contributed by atoms with van der Waals surface area (Å²) in [4.78, 5) is 41.8. The Kier molecular flexibility index (Phi) is 8.33. The van der Waals surface area contributed by atoms with E-state index in [2.05, 4.69) is 10.00 Å². The van der Waals surface area contributed by atoms with Crippen molar-refractivity contribution in [2.45, 2.75) is 26.1 Å². The lowest BCUT2D eigenvalue weighted by atomic mass is 9.86. The van der Waals surface area contributed by atoms with Crippen LogP contribution in [0, 0.1) is 5.41 Å². The number of carboxylic acid groups (broad SMARTS) is 1. The molecule has 1 spiro atoms. The quantitative estimate of drug-likeness (QED) is 0.701. The number of aryl methyl sites for hydroxylation is 1. The van der Waals surface area contributed by atoms with Crippen molar-refractivity contribution in [2.24, 2.45) is 12.5 Å². The standard InChI is InChI=1S/C18H30N6O2.C2HF3O2/c1-5-23-13-18(8-16(23)25)12-22(11-15-9-19-21(4)10-15)6-7-24(14-18)17(26)20(2)3;3-2(4,5)1(6)7/h9-10H,5-8,11-14H2,1-4H3;(H,6,7). The SMILES string of the molecule is CCN1CC2(CC1=O)CN(Cc1cnn(C)c1)CCN(C(=O)N(C)C)C2.O=C(O)C(F)(F)F. The summed E-state index contributed by atoms with van der Waals surface area (Å²) in [7, 11) is 5.48. The van der Waals surface area contributed by atoms with Crippen LogP contribution in [-0.4, -0.2) is 112 Å². The first-order chi connectivity index (χ1) is 15.3. The minimum Gasteiger partial charge on any atom is -0.475 e. The van der Waals surface area contributed by atoms with E-state index in [4.69, 9.17) is 9.90 Å². The highest BCUT2D eigenvalue weighted by atomic mass is 19.4. The normalized spacial score (nSPS) is 21.6. The monoisotopic (exact) mass is 476 g/mol. The molecule has 1 atom stereocenters. The summed E-state index contributed by atoms with van der Waals surface area (Å²) in [6.45, 7) is 7.20. The summed E-state index contributed by atoms with van der Waals surface area (Å²) in [5.41, 5.74) is 0.962. The minimum atomic E-state index is -5.08. The van der Waals surface area contributed by atoms with Crippen molar-refractivity contribution in [3.63, 3.8) is 0 Å². The smallest absolute Gasteiger partial charge is 0.475 e. The summed E-state index contributed by atoms with van der Waals surface area (Å²) in [5, 5.41) is 11.4. The maximum absolute atomic E-state index is 12.6. The van der Waals surface area contributed by atoms with Crippen LogP contribution < -0.4 is 0 Å². The lowest BCUT2D eigenvalue weighted by Crippen LogP contribution is -2.47. The van der Waals surface area contributed by atoms with Gasteiger partial charge in [-0.15, -0.1) is 0 Å². The Labute approximate surface area is 190 Å². The summed E-state index contributed by atoms with van der Waals surface area (Å²) in [5.74, 6) is -2.56. The Bertz CT molecular complexity index is 859. The fourth-order valence-electron chi connectivity index (χ4n) is 4.22. The summed E-state index contributed by atoms with van der Waals surface area (Å²) < 4.78 is 33.5. The van der Waals surface area contributed by atoms with Crippen LogP contribution in [0.3, 0.4) is 0 Å². The molecule has 0 saturated carbocycles. The summed E-state index contributed by atoms with van der Waals surface area (Å²) in [6, 6.07) is 0.0231. The zero-order valence-electron chi connectivity index (χ0n) is 19.3. The largest absolute Gasteiger partial charge is 0.490 e. The Morgan fingerprint density at radius 2 is 1.85 bits per heavy atom. The lowest BCUT2D eigenvalue weighted by Gasteiger charge is -2.34. The Balaban J connectivity index is 0.000000479. The molecule has 2 aliphatic rings. The number of rotatable bonds is 3. The molecule has 186 valence electrons. The number of aliphatic carboxylic acids is 1. The number of carboxylic acids is 1. The molecule has 2 saturated heterocycles. The predicted octanol–water partition coefficient (Wildman–Crippen LogP) is 1.09. The van der Waals surface area contributed by atoms with Crippen LogP contribution in [-0.2, 0) is 23.2 Å². The van der Waals surface area contributed by atoms with E-state index in [-0.39, 0.29) is 17.4 Å². The van der Waals surface area contributed by atoms with Gasteiger partial charge in [-0.1, -0.05) is 0 Å². The third-order valence-electron chi connectivity index (χ3n) is 5.62. The van der Waals surface area contributed by atoms with Crippen LogP contribution >= 0.6 is 0 Å². The molecule has 0 aliphatic carbocycles. The average Bonchev–Trinajstić information content (AvgIpc) is 3.19. The number of hydrogen-bond donors (Lipinski definition) is 1. The third kappa shape index (κ3) is 7.07. The third-order valence-corrected chi connectivity index (χ3v) is 5.62. The van der Waals surface area contributed by atoms with E-state index in [9.17, 15) is 22.8 Å². The minimum absolute atomic E-state index is 0.0231. The Morgan fingerprint density at radius 3 is 2.30 bits per heavy atom. The zero-order chi connectivity index (χ0) is 25.0. The van der Waals surface area contributed by atoms with Crippen LogP contribution in [0.25, 0.3) is 0 Å². The van der Waals surface area contributed by atoms with Crippen LogP contribution in [0.4, 0.5) is 18.0 Å². The van der Waals surface area contributed by atoms with Gasteiger partial charge in [-0.3, -0.25) is 14.4 Å². The number of nitrogens with zero attached hydrogens (tertiary/aromatic N) is 6. The number of urea groups is 1. The molecule has 1 aromatic rings. The molecule has 0 bridgehead atoms. The van der Waals surface area contributed by atoms with E-state index in [0.717, 1.165) is 38.3 Å². The number of likely N-dealkylation sites (tertiary alicyclic amines) is 1. The van der Waals surface area contributed by atoms with E-state index < -0.39 is 12.1 Å². The number of carbonyl (C=O) groups is 3. The molecular formula is C20H31F3N6O4. The molecule has 1 aromatic heterocycles. The predicted molar refractivity (Wildman–Crippen MR) is 112 cm³/mol. The van der Waals surface area contributed by atoms with Crippen LogP contribution in [0.15, 0.2) is 12.4 Å². The van der Waals surface area contributed by atoms with Gasteiger partial charge in [-0.25, -0.2) is 9.59 Å². The van der Waals surface area contributed by atoms with E-state index in [1.807, 2.05) is 40.8 Å². The molecule has 0 aromatic carbocycles. The highest BCUT2D eigenvalue weighted by Crippen LogP contribution is 2.35. The van der Waals surface area contributed by atoms with Gasteiger partial charge < -0.3 is 19.8 Å². The number of alkyl halides is 3. The van der Waals surface area contributed by atoms with Gasteiger partial charge in [0.15, 0.2) is 0 Å². The van der Waals surface area contributed by atoms with Gasteiger partial charge in [-0.05, 0) is 6.92 Å². The van der Waals surface area contributed by atoms with Gasteiger partial charge in [0.2, 0.25) is 5.91 Å². The number of hydrogen-bond acceptors (Lipinski definition) is 5. The fourth-order valence-corrected chi connectivity index (χ4v) is 4.22. The molecule has 0 radical (unpaired) electrons. The van der Waals surface area contributed by atoms with Crippen LogP contribution in [0.1, 0.15) is 18.9 Å². The van der Waals surface area contributed by atoms with Gasteiger partial charge in [0.05, 0.1) is 6.20 Å². The molecule has 13 heteroatoms. The number of carbonyl (C=O) groups excluding carboxylic acids is 2. The molecule has 2 aliphatic heterocycles. The maximum atomic E-state index is 12.6. The summed E-state index contributed by atoms with van der Waals surface area (Å²) in [6.07, 6.45) is -0.654. The fraction of sp³-hybridized carbons (Fsp3) is 0.700. The first-order valence-electron chi connectivity index (χ1n) is 10.5. The van der Waals surface area contributed by atoms with Crippen molar-refractivity contribution in [2.75, 3.05) is 53.4 Å². The van der Waals surface area contributed by atoms with Crippen molar-refractivity contribution < 1.29 is 32.7 Å². The van der Waals surface area contributed by atoms with Gasteiger partial charge in [0.25, 0.3) is 0 Å². The molecular weight excluding hydrogens is 445 g/mol. The Morgan fingerprint density at radius 1 is 1.21 bits per heavy atom. The highest BCUT2D eigenvalue weighted by molar-refractivity contribution is 5.80. The number of aromatic nitrogens is 2. The summed E-state index contributed by atoms with van der Waals surface area (Å²) >= 11 is 0. The van der Waals surface area contributed by atoms with Crippen molar-refractivity contribution >= 4 is 17.9 Å². The van der Waals surface area contributed by atoms with Crippen molar-refractivity contribution in [1.29, 1.82) is 0 Å². The van der Waals surface area contributed by atoms with Gasteiger partial charge in [0, 0.05) is 90.6 Å². The first-order valence-corrected chi connectivity index (χ1v) is 10.5. The van der Waals surface area contributed by atoms with Crippen LogP contribution in [0.5, 0.6) is 0 Å². The number of halogens is 3. The average molecular weight is 477 g/mol. The van der Waals surface area contributed by atoms with Crippen molar-refractivity contribution in [1.82, 2.24) is 29.4 Å². The maximum Gasteiger partial charge on any atom is 0.490 e. The molecule has 2 fully saturated rings. The van der Waals surface area contributed by atoms with E-state index >= 15 is 0 Å². The second-order valence-corrected chi connectivity index (χ2v) is 8.72. The molecule has 3 rings (SSSR count).